The van der Waals surface area contributed by atoms with Crippen molar-refractivity contribution in [1.29, 1.82) is 0 Å². The van der Waals surface area contributed by atoms with E-state index in [0.717, 1.165) is 31.8 Å². The van der Waals surface area contributed by atoms with Gasteiger partial charge in [0.1, 0.15) is 0 Å². The third kappa shape index (κ3) is 4.35. The lowest BCUT2D eigenvalue weighted by molar-refractivity contribution is -0.140. The lowest BCUT2D eigenvalue weighted by Gasteiger charge is -2.29. The van der Waals surface area contributed by atoms with Crippen LogP contribution in [0.2, 0.25) is 0 Å². The van der Waals surface area contributed by atoms with Crippen molar-refractivity contribution < 1.29 is 19.1 Å². The van der Waals surface area contributed by atoms with E-state index in [9.17, 15) is 14.4 Å². The van der Waals surface area contributed by atoms with E-state index in [2.05, 4.69) is 11.3 Å². The molecule has 2 amide bonds. The largest absolute Gasteiger partial charge is 0.466 e. The molecule has 1 saturated carbocycles. The van der Waals surface area contributed by atoms with Crippen LogP contribution in [0.25, 0.3) is 0 Å². The van der Waals surface area contributed by atoms with Gasteiger partial charge in [-0.1, -0.05) is 25.8 Å². The molecule has 2 rings (SSSR count). The molecule has 1 aliphatic carbocycles. The highest BCUT2D eigenvalue weighted by atomic mass is 16.5. The standard InChI is InChI=1S/C10H13NO2.C4H6O2/c12-9-6-7-10(13)11(9)8-4-2-1-3-5-8;1-3-4(5)6-2/h6-8H,1-5H2;3H,1H2,2H3. The molecule has 19 heavy (non-hydrogen) atoms. The number of methoxy groups -OCH3 is 1. The van der Waals surface area contributed by atoms with E-state index in [4.69, 9.17) is 0 Å². The number of carbonyl (C=O) groups is 3. The number of nitrogens with zero attached hydrogens (tertiary/aromatic N) is 1. The molecule has 1 fully saturated rings. The van der Waals surface area contributed by atoms with Crippen LogP contribution < -0.4 is 0 Å². The summed E-state index contributed by atoms with van der Waals surface area (Å²) in [6.07, 6.45) is 9.34. The van der Waals surface area contributed by atoms with Crippen molar-refractivity contribution in [3.8, 4) is 0 Å². The first-order valence-corrected chi connectivity index (χ1v) is 6.35. The summed E-state index contributed by atoms with van der Waals surface area (Å²) in [4.78, 5) is 33.9. The van der Waals surface area contributed by atoms with Crippen molar-refractivity contribution in [2.75, 3.05) is 7.11 Å². The quantitative estimate of drug-likeness (QED) is 0.432. The Balaban J connectivity index is 0.000000258. The van der Waals surface area contributed by atoms with E-state index < -0.39 is 5.97 Å². The van der Waals surface area contributed by atoms with Gasteiger partial charge in [0.15, 0.2) is 0 Å². The zero-order chi connectivity index (χ0) is 14.3. The number of carbonyl (C=O) groups excluding carboxylic acids is 3. The molecular weight excluding hydrogens is 246 g/mol. The summed E-state index contributed by atoms with van der Waals surface area (Å²) in [7, 11) is 1.31. The van der Waals surface area contributed by atoms with Crippen LogP contribution >= 0.6 is 0 Å². The summed E-state index contributed by atoms with van der Waals surface area (Å²) in [6.45, 7) is 3.16. The van der Waals surface area contributed by atoms with Gasteiger partial charge >= 0.3 is 5.97 Å². The number of ether oxygens (including phenoxy) is 1. The second-order valence-electron chi connectivity index (χ2n) is 4.40. The third-order valence-electron chi connectivity index (χ3n) is 3.15. The van der Waals surface area contributed by atoms with E-state index in [1.165, 1.54) is 30.6 Å². The molecule has 0 spiro atoms. The van der Waals surface area contributed by atoms with Crippen molar-refractivity contribution in [3.05, 3.63) is 24.8 Å². The van der Waals surface area contributed by atoms with Gasteiger partial charge in [0.05, 0.1) is 7.11 Å². The van der Waals surface area contributed by atoms with Crippen LogP contribution in [0.1, 0.15) is 32.1 Å². The number of hydrogen-bond acceptors (Lipinski definition) is 4. The molecule has 2 aliphatic rings. The van der Waals surface area contributed by atoms with Gasteiger partial charge in [-0.2, -0.15) is 0 Å². The highest BCUT2D eigenvalue weighted by Gasteiger charge is 2.31. The van der Waals surface area contributed by atoms with E-state index in [1.807, 2.05) is 0 Å². The molecule has 0 atom stereocenters. The number of hydrogen-bond donors (Lipinski definition) is 0. The second-order valence-corrected chi connectivity index (χ2v) is 4.40. The number of imide groups is 1. The topological polar surface area (TPSA) is 63.7 Å². The number of rotatable bonds is 2. The van der Waals surface area contributed by atoms with Gasteiger partial charge in [0.2, 0.25) is 0 Å². The minimum Gasteiger partial charge on any atom is -0.466 e. The fraction of sp³-hybridized carbons (Fsp3) is 0.500. The van der Waals surface area contributed by atoms with E-state index in [1.54, 1.807) is 0 Å². The van der Waals surface area contributed by atoms with Crippen molar-refractivity contribution in [1.82, 2.24) is 4.90 Å². The molecule has 104 valence electrons. The predicted molar refractivity (Wildman–Crippen MR) is 70.1 cm³/mol. The van der Waals surface area contributed by atoms with Crippen molar-refractivity contribution in [2.45, 2.75) is 38.1 Å². The zero-order valence-electron chi connectivity index (χ0n) is 11.1. The maximum atomic E-state index is 11.3. The average molecular weight is 265 g/mol. The molecule has 0 unspecified atom stereocenters. The summed E-state index contributed by atoms with van der Waals surface area (Å²) in [5, 5.41) is 0. The minimum atomic E-state index is -0.394. The smallest absolute Gasteiger partial charge is 0.329 e. The van der Waals surface area contributed by atoms with E-state index in [0.29, 0.717) is 0 Å². The molecule has 5 heteroatoms. The van der Waals surface area contributed by atoms with Crippen LogP contribution in [0, 0.1) is 0 Å². The molecule has 0 aromatic heterocycles. The first kappa shape index (κ1) is 15.1. The predicted octanol–water partition coefficient (Wildman–Crippen LogP) is 1.59. The normalized spacial score (nSPS) is 18.9. The van der Waals surface area contributed by atoms with Gasteiger partial charge in [-0.25, -0.2) is 4.79 Å². The maximum absolute atomic E-state index is 11.3. The Morgan fingerprint density at radius 3 is 2.16 bits per heavy atom. The highest BCUT2D eigenvalue weighted by Crippen LogP contribution is 2.24. The molecule has 0 bridgehead atoms. The van der Waals surface area contributed by atoms with Gasteiger partial charge in [-0.3, -0.25) is 14.5 Å². The van der Waals surface area contributed by atoms with Gasteiger partial charge < -0.3 is 4.74 Å². The molecular formula is C14H19NO4. The van der Waals surface area contributed by atoms with Gasteiger partial charge in [0.25, 0.3) is 11.8 Å². The summed E-state index contributed by atoms with van der Waals surface area (Å²) >= 11 is 0. The molecule has 1 aliphatic heterocycles. The Kier molecular flexibility index (Phi) is 5.99. The maximum Gasteiger partial charge on any atom is 0.329 e. The Morgan fingerprint density at radius 1 is 1.26 bits per heavy atom. The molecule has 0 aromatic carbocycles. The van der Waals surface area contributed by atoms with Crippen LogP contribution in [0.4, 0.5) is 0 Å². The minimum absolute atomic E-state index is 0.128. The molecule has 0 N–H and O–H groups in total. The highest BCUT2D eigenvalue weighted by molar-refractivity contribution is 6.13. The van der Waals surface area contributed by atoms with Crippen LogP contribution in [-0.4, -0.2) is 35.8 Å². The zero-order valence-corrected chi connectivity index (χ0v) is 11.1. The van der Waals surface area contributed by atoms with Crippen molar-refractivity contribution in [3.63, 3.8) is 0 Å². The third-order valence-corrected chi connectivity index (χ3v) is 3.15. The van der Waals surface area contributed by atoms with Crippen LogP contribution in [0.5, 0.6) is 0 Å². The lowest BCUT2D eigenvalue weighted by atomic mass is 9.94. The molecule has 0 aromatic rings. The first-order chi connectivity index (χ1) is 9.10. The van der Waals surface area contributed by atoms with Crippen LogP contribution in [0.15, 0.2) is 24.8 Å². The second kappa shape index (κ2) is 7.51. The molecule has 0 saturated heterocycles. The summed E-state index contributed by atoms with van der Waals surface area (Å²) in [6, 6.07) is 0.170. The van der Waals surface area contributed by atoms with Crippen LogP contribution in [-0.2, 0) is 19.1 Å². The lowest BCUT2D eigenvalue weighted by Crippen LogP contribution is -2.41. The fourth-order valence-electron chi connectivity index (χ4n) is 2.19. The summed E-state index contributed by atoms with van der Waals surface area (Å²) < 4.78 is 4.14. The Labute approximate surface area is 112 Å². The first-order valence-electron chi connectivity index (χ1n) is 6.35. The van der Waals surface area contributed by atoms with Crippen LogP contribution in [0.3, 0.4) is 0 Å². The number of esters is 1. The van der Waals surface area contributed by atoms with Crippen molar-refractivity contribution >= 4 is 17.8 Å². The van der Waals surface area contributed by atoms with E-state index in [-0.39, 0.29) is 17.9 Å². The molecule has 5 nitrogen and oxygen atoms in total. The summed E-state index contributed by atoms with van der Waals surface area (Å²) in [5.41, 5.74) is 0. The average Bonchev–Trinajstić information content (AvgIpc) is 2.79. The Bertz CT molecular complexity index is 376. The van der Waals surface area contributed by atoms with E-state index >= 15 is 0 Å². The Morgan fingerprint density at radius 2 is 1.79 bits per heavy atom. The molecule has 0 radical (unpaired) electrons. The fourth-order valence-corrected chi connectivity index (χ4v) is 2.19. The van der Waals surface area contributed by atoms with Gasteiger partial charge in [-0.15, -0.1) is 0 Å². The SMILES string of the molecule is C=CC(=O)OC.O=C1C=CC(=O)N1C1CCCCC1. The van der Waals surface area contributed by atoms with Gasteiger partial charge in [-0.05, 0) is 12.8 Å². The monoisotopic (exact) mass is 265 g/mol. The molecule has 1 heterocycles. The van der Waals surface area contributed by atoms with Crippen molar-refractivity contribution in [2.24, 2.45) is 0 Å². The Hall–Kier alpha value is -1.91. The number of amides is 2. The summed E-state index contributed by atoms with van der Waals surface area (Å²) in [5.74, 6) is -0.649. The van der Waals surface area contributed by atoms with Gasteiger partial charge in [0, 0.05) is 24.3 Å².